The van der Waals surface area contributed by atoms with Crippen LogP contribution in [0.15, 0.2) is 30.6 Å². The molecule has 2 rings (SSSR count). The number of hydrogen-bond acceptors (Lipinski definition) is 4. The summed E-state index contributed by atoms with van der Waals surface area (Å²) in [6.07, 6.45) is 3.17. The van der Waals surface area contributed by atoms with E-state index in [1.54, 1.807) is 24.4 Å². The maximum atomic E-state index is 11.8. The number of hydrogen-bond donors (Lipinski definition) is 1. The number of carbonyl (C=O) groups is 1. The minimum Gasteiger partial charge on any atom is -0.305 e. The topological polar surface area (TPSA) is 67.8 Å². The Kier molecular flexibility index (Phi) is 3.30. The fourth-order valence-electron chi connectivity index (χ4n) is 1.25. The van der Waals surface area contributed by atoms with Gasteiger partial charge in [-0.15, -0.1) is 10.2 Å². The van der Waals surface area contributed by atoms with Crippen molar-refractivity contribution >= 4 is 23.3 Å². The number of nitrogens with one attached hydrogen (secondary N) is 1. The molecule has 0 aliphatic carbocycles. The smallest absolute Gasteiger partial charge is 0.258 e. The molecule has 86 valence electrons. The Morgan fingerprint density at radius 1 is 1.29 bits per heavy atom. The monoisotopic (exact) mass is 248 g/mol. The average Bonchev–Trinajstić information content (AvgIpc) is 2.32. The van der Waals surface area contributed by atoms with Crippen LogP contribution in [0.4, 0.5) is 5.82 Å². The van der Waals surface area contributed by atoms with Gasteiger partial charge in [0, 0.05) is 12.4 Å². The zero-order valence-corrected chi connectivity index (χ0v) is 9.77. The Bertz CT molecular complexity index is 541. The second kappa shape index (κ2) is 4.88. The van der Waals surface area contributed by atoms with Gasteiger partial charge in [-0.05, 0) is 30.7 Å². The van der Waals surface area contributed by atoms with E-state index in [1.165, 1.54) is 6.20 Å². The molecule has 2 heterocycles. The lowest BCUT2D eigenvalue weighted by atomic mass is 10.2. The summed E-state index contributed by atoms with van der Waals surface area (Å²) in [5, 5.41) is 10.2. The molecule has 1 N–H and O–H groups in total. The van der Waals surface area contributed by atoms with Gasteiger partial charge in [-0.3, -0.25) is 9.78 Å². The van der Waals surface area contributed by atoms with E-state index in [4.69, 9.17) is 11.6 Å². The number of anilines is 1. The molecule has 0 spiro atoms. The fourth-order valence-corrected chi connectivity index (χ4v) is 1.35. The van der Waals surface area contributed by atoms with Crippen LogP contribution in [0.2, 0.25) is 5.15 Å². The summed E-state index contributed by atoms with van der Waals surface area (Å²) < 4.78 is 0. The van der Waals surface area contributed by atoms with Crippen molar-refractivity contribution in [2.24, 2.45) is 0 Å². The second-order valence-electron chi connectivity index (χ2n) is 3.45. The van der Waals surface area contributed by atoms with Gasteiger partial charge in [-0.2, -0.15) is 0 Å². The molecule has 0 aromatic carbocycles. The van der Waals surface area contributed by atoms with Crippen LogP contribution >= 0.6 is 11.6 Å². The number of halogens is 1. The van der Waals surface area contributed by atoms with Gasteiger partial charge in [0.1, 0.15) is 0 Å². The van der Waals surface area contributed by atoms with Crippen molar-refractivity contribution in [1.82, 2.24) is 15.2 Å². The van der Waals surface area contributed by atoms with E-state index in [0.29, 0.717) is 11.4 Å². The first-order chi connectivity index (χ1) is 8.15. The molecule has 0 atom stereocenters. The maximum absolute atomic E-state index is 11.8. The standard InChI is InChI=1S/C11H9ClN4O/c1-7-4-8(6-13-5-7)11(17)14-10-3-2-9(12)15-16-10/h2-6H,1H3,(H,14,16,17). The molecular weight excluding hydrogens is 240 g/mol. The number of aromatic nitrogens is 3. The SMILES string of the molecule is Cc1cncc(C(=O)Nc2ccc(Cl)nn2)c1. The normalized spacial score (nSPS) is 10.0. The van der Waals surface area contributed by atoms with Crippen LogP contribution in [0.5, 0.6) is 0 Å². The fraction of sp³-hybridized carbons (Fsp3) is 0.0909. The summed E-state index contributed by atoms with van der Waals surface area (Å²) >= 11 is 5.59. The van der Waals surface area contributed by atoms with Crippen LogP contribution in [0.25, 0.3) is 0 Å². The third-order valence-electron chi connectivity index (χ3n) is 2.01. The molecule has 2 aromatic heterocycles. The Morgan fingerprint density at radius 2 is 2.12 bits per heavy atom. The van der Waals surface area contributed by atoms with Crippen molar-refractivity contribution < 1.29 is 4.79 Å². The van der Waals surface area contributed by atoms with E-state index in [2.05, 4.69) is 20.5 Å². The summed E-state index contributed by atoms with van der Waals surface area (Å²) in [5.74, 6) is 0.0683. The van der Waals surface area contributed by atoms with Crippen LogP contribution in [0.3, 0.4) is 0 Å². The minimum atomic E-state index is -0.280. The van der Waals surface area contributed by atoms with E-state index < -0.39 is 0 Å². The van der Waals surface area contributed by atoms with Crippen LogP contribution in [-0.4, -0.2) is 21.1 Å². The van der Waals surface area contributed by atoms with Gasteiger partial charge >= 0.3 is 0 Å². The first-order valence-electron chi connectivity index (χ1n) is 4.87. The van der Waals surface area contributed by atoms with E-state index >= 15 is 0 Å². The number of rotatable bonds is 2. The second-order valence-corrected chi connectivity index (χ2v) is 3.83. The van der Waals surface area contributed by atoms with Gasteiger partial charge in [0.2, 0.25) is 0 Å². The van der Waals surface area contributed by atoms with Crippen LogP contribution in [0, 0.1) is 6.92 Å². The van der Waals surface area contributed by atoms with Crippen LogP contribution < -0.4 is 5.32 Å². The minimum absolute atomic E-state index is 0.278. The van der Waals surface area contributed by atoms with Crippen LogP contribution in [0.1, 0.15) is 15.9 Å². The predicted octanol–water partition coefficient (Wildman–Crippen LogP) is 2.09. The van der Waals surface area contributed by atoms with Crippen molar-refractivity contribution in [3.8, 4) is 0 Å². The first-order valence-corrected chi connectivity index (χ1v) is 5.25. The number of nitrogens with zero attached hydrogens (tertiary/aromatic N) is 3. The van der Waals surface area contributed by atoms with E-state index in [1.807, 2.05) is 6.92 Å². The highest BCUT2D eigenvalue weighted by Gasteiger charge is 2.07. The number of pyridine rings is 1. The summed E-state index contributed by atoms with van der Waals surface area (Å²) in [7, 11) is 0. The van der Waals surface area contributed by atoms with Gasteiger partial charge in [0.25, 0.3) is 5.91 Å². The molecule has 17 heavy (non-hydrogen) atoms. The third-order valence-corrected chi connectivity index (χ3v) is 2.21. The molecule has 0 saturated carbocycles. The van der Waals surface area contributed by atoms with Crippen molar-refractivity contribution in [3.05, 3.63) is 46.9 Å². The number of carbonyl (C=O) groups excluding carboxylic acids is 1. The molecule has 0 saturated heterocycles. The van der Waals surface area contributed by atoms with E-state index in [-0.39, 0.29) is 11.1 Å². The Balaban J connectivity index is 2.14. The lowest BCUT2D eigenvalue weighted by Crippen LogP contribution is -2.13. The van der Waals surface area contributed by atoms with Gasteiger partial charge in [0.15, 0.2) is 11.0 Å². The highest BCUT2D eigenvalue weighted by molar-refractivity contribution is 6.29. The van der Waals surface area contributed by atoms with Crippen molar-refractivity contribution in [1.29, 1.82) is 0 Å². The predicted molar refractivity (Wildman–Crippen MR) is 64.0 cm³/mol. The first kappa shape index (κ1) is 11.5. The molecule has 2 aromatic rings. The molecule has 0 aliphatic heterocycles. The summed E-state index contributed by atoms with van der Waals surface area (Å²) in [4.78, 5) is 15.7. The van der Waals surface area contributed by atoms with Gasteiger partial charge in [-0.25, -0.2) is 0 Å². The molecule has 1 amide bonds. The van der Waals surface area contributed by atoms with Gasteiger partial charge < -0.3 is 5.32 Å². The molecule has 0 radical (unpaired) electrons. The zero-order valence-electron chi connectivity index (χ0n) is 9.01. The maximum Gasteiger partial charge on any atom is 0.258 e. The number of amides is 1. The highest BCUT2D eigenvalue weighted by Crippen LogP contribution is 2.08. The molecule has 0 bridgehead atoms. The highest BCUT2D eigenvalue weighted by atomic mass is 35.5. The Morgan fingerprint density at radius 3 is 2.76 bits per heavy atom. The number of aryl methyl sites for hydroxylation is 1. The summed E-state index contributed by atoms with van der Waals surface area (Å²) in [5.41, 5.74) is 1.39. The quantitative estimate of drug-likeness (QED) is 0.884. The third kappa shape index (κ3) is 2.98. The average molecular weight is 249 g/mol. The molecule has 0 unspecified atom stereocenters. The lowest BCUT2D eigenvalue weighted by Gasteiger charge is -2.03. The molecule has 5 nitrogen and oxygen atoms in total. The van der Waals surface area contributed by atoms with E-state index in [9.17, 15) is 4.79 Å². The zero-order chi connectivity index (χ0) is 12.3. The Labute approximate surface area is 103 Å². The van der Waals surface area contributed by atoms with Gasteiger partial charge in [0.05, 0.1) is 5.56 Å². The Hall–Kier alpha value is -2.01. The van der Waals surface area contributed by atoms with Gasteiger partial charge in [-0.1, -0.05) is 11.6 Å². The summed E-state index contributed by atoms with van der Waals surface area (Å²) in [6.45, 7) is 1.87. The van der Waals surface area contributed by atoms with Crippen molar-refractivity contribution in [2.45, 2.75) is 6.92 Å². The molecule has 0 aliphatic rings. The molecular formula is C11H9ClN4O. The lowest BCUT2D eigenvalue weighted by molar-refractivity contribution is 0.102. The van der Waals surface area contributed by atoms with Crippen molar-refractivity contribution in [2.75, 3.05) is 5.32 Å². The summed E-state index contributed by atoms with van der Waals surface area (Å²) in [6, 6.07) is 4.88. The van der Waals surface area contributed by atoms with Crippen molar-refractivity contribution in [3.63, 3.8) is 0 Å². The molecule has 6 heteroatoms. The van der Waals surface area contributed by atoms with E-state index in [0.717, 1.165) is 5.56 Å². The largest absolute Gasteiger partial charge is 0.305 e. The van der Waals surface area contributed by atoms with Crippen LogP contribution in [-0.2, 0) is 0 Å². The molecule has 0 fully saturated rings.